The van der Waals surface area contributed by atoms with E-state index in [4.69, 9.17) is 9.84 Å². The first-order chi connectivity index (χ1) is 6.37. The van der Waals surface area contributed by atoms with E-state index in [1.54, 1.807) is 0 Å². The van der Waals surface area contributed by atoms with Crippen molar-refractivity contribution >= 4 is 8.07 Å². The molecule has 0 aromatic carbocycles. The summed E-state index contributed by atoms with van der Waals surface area (Å²) in [6, 6.07) is 0. The van der Waals surface area contributed by atoms with E-state index >= 15 is 0 Å². The van der Waals surface area contributed by atoms with Crippen LogP contribution in [0.25, 0.3) is 0 Å². The molecule has 1 saturated heterocycles. The minimum absolute atomic E-state index is 0.213. The van der Waals surface area contributed by atoms with Gasteiger partial charge in [0.25, 0.3) is 0 Å². The van der Waals surface area contributed by atoms with Gasteiger partial charge in [0.1, 0.15) is 8.07 Å². The summed E-state index contributed by atoms with van der Waals surface area (Å²) < 4.78 is 5.54. The summed E-state index contributed by atoms with van der Waals surface area (Å²) >= 11 is 0. The first-order valence-corrected chi connectivity index (χ1v) is 8.70. The smallest absolute Gasteiger partial charge is 0.151 e. The van der Waals surface area contributed by atoms with Crippen LogP contribution in [0, 0.1) is 11.5 Å². The van der Waals surface area contributed by atoms with Crippen LogP contribution >= 0.6 is 0 Å². The number of rotatable bonds is 3. The molecule has 0 radical (unpaired) electrons. The first kappa shape index (κ1) is 11.8. The van der Waals surface area contributed by atoms with Gasteiger partial charge in [0.2, 0.25) is 0 Å². The average Bonchev–Trinajstić information content (AvgIpc) is 2.70. The fourth-order valence-corrected chi connectivity index (χ4v) is 1.92. The van der Waals surface area contributed by atoms with Crippen LogP contribution in [0.2, 0.25) is 19.6 Å². The molecular weight excluding hydrogens is 192 g/mol. The van der Waals surface area contributed by atoms with Crippen molar-refractivity contribution in [2.45, 2.75) is 51.1 Å². The average molecular weight is 212 g/mol. The zero-order chi connectivity index (χ0) is 10.8. The summed E-state index contributed by atoms with van der Waals surface area (Å²) in [5, 5.41) is 8.69. The van der Waals surface area contributed by atoms with Crippen LogP contribution in [0.5, 0.6) is 0 Å². The zero-order valence-electron chi connectivity index (χ0n) is 9.55. The van der Waals surface area contributed by atoms with Gasteiger partial charge in [-0.3, -0.25) is 0 Å². The highest BCUT2D eigenvalue weighted by Gasteiger charge is 2.50. The summed E-state index contributed by atoms with van der Waals surface area (Å²) in [7, 11) is -1.28. The van der Waals surface area contributed by atoms with Gasteiger partial charge in [0.05, 0.1) is 6.10 Å². The highest BCUT2D eigenvalue weighted by molar-refractivity contribution is 6.83. The van der Waals surface area contributed by atoms with Crippen LogP contribution in [-0.2, 0) is 4.74 Å². The number of aliphatic hydroxyl groups is 1. The van der Waals surface area contributed by atoms with Crippen LogP contribution < -0.4 is 0 Å². The van der Waals surface area contributed by atoms with Gasteiger partial charge in [-0.15, -0.1) is 5.54 Å². The number of aliphatic hydroxyl groups excluding tert-OH is 1. The maximum Gasteiger partial charge on any atom is 0.151 e. The maximum atomic E-state index is 8.69. The van der Waals surface area contributed by atoms with E-state index in [0.717, 1.165) is 12.8 Å². The lowest BCUT2D eigenvalue weighted by molar-refractivity contribution is 0.271. The van der Waals surface area contributed by atoms with Gasteiger partial charge in [-0.25, -0.2) is 0 Å². The Kier molecular flexibility index (Phi) is 3.41. The van der Waals surface area contributed by atoms with Crippen molar-refractivity contribution in [3.05, 3.63) is 0 Å². The lowest BCUT2D eigenvalue weighted by atomic mass is 10.1. The molecule has 1 rings (SSSR count). The van der Waals surface area contributed by atoms with Gasteiger partial charge in [-0.05, 0) is 19.8 Å². The molecule has 1 heterocycles. The van der Waals surface area contributed by atoms with Crippen molar-refractivity contribution < 1.29 is 9.84 Å². The van der Waals surface area contributed by atoms with Crippen molar-refractivity contribution in [2.24, 2.45) is 0 Å². The first-order valence-electron chi connectivity index (χ1n) is 5.20. The van der Waals surface area contributed by atoms with Crippen LogP contribution in [0.4, 0.5) is 0 Å². The molecule has 14 heavy (non-hydrogen) atoms. The normalized spacial score (nSPS) is 30.8. The third-order valence-electron chi connectivity index (χ3n) is 2.25. The molecule has 2 atom stereocenters. The van der Waals surface area contributed by atoms with Gasteiger partial charge in [-0.2, -0.15) is 0 Å². The fraction of sp³-hybridized carbons (Fsp3) is 0.818. The van der Waals surface area contributed by atoms with Crippen molar-refractivity contribution in [2.75, 3.05) is 6.61 Å². The summed E-state index contributed by atoms with van der Waals surface area (Å²) in [5.74, 6) is 3.24. The zero-order valence-corrected chi connectivity index (χ0v) is 10.6. The second kappa shape index (κ2) is 4.06. The molecule has 1 fully saturated rings. The minimum Gasteiger partial charge on any atom is -0.396 e. The molecule has 0 aromatic heterocycles. The Labute approximate surface area is 87.7 Å². The Hall–Kier alpha value is -0.303. The highest BCUT2D eigenvalue weighted by Crippen LogP contribution is 2.38. The van der Waals surface area contributed by atoms with E-state index in [0.29, 0.717) is 0 Å². The van der Waals surface area contributed by atoms with Gasteiger partial charge in [0, 0.05) is 6.61 Å². The third kappa shape index (κ3) is 3.45. The largest absolute Gasteiger partial charge is 0.396 e. The monoisotopic (exact) mass is 212 g/mol. The summed E-state index contributed by atoms with van der Waals surface area (Å²) in [4.78, 5) is 0. The predicted molar refractivity (Wildman–Crippen MR) is 60.7 cm³/mol. The Bertz CT molecular complexity index is 259. The molecule has 0 amide bonds. The Morgan fingerprint density at radius 2 is 2.07 bits per heavy atom. The molecule has 1 N–H and O–H groups in total. The van der Waals surface area contributed by atoms with Crippen LogP contribution in [0.1, 0.15) is 19.8 Å². The van der Waals surface area contributed by atoms with Crippen molar-refractivity contribution in [1.29, 1.82) is 0 Å². The SMILES string of the molecule is C[C@]1(C#C[Si](C)(C)C)O[C@H]1CCCO. The Morgan fingerprint density at radius 3 is 2.57 bits per heavy atom. The minimum atomic E-state index is -1.28. The molecule has 3 heteroatoms. The quantitative estimate of drug-likeness (QED) is 0.439. The molecular formula is C11H20O2Si. The van der Waals surface area contributed by atoms with Crippen molar-refractivity contribution in [3.63, 3.8) is 0 Å². The van der Waals surface area contributed by atoms with E-state index in [9.17, 15) is 0 Å². The van der Waals surface area contributed by atoms with Crippen LogP contribution in [0.3, 0.4) is 0 Å². The van der Waals surface area contributed by atoms with Crippen LogP contribution in [-0.4, -0.2) is 31.5 Å². The van der Waals surface area contributed by atoms with E-state index < -0.39 is 8.07 Å². The van der Waals surface area contributed by atoms with Gasteiger partial charge < -0.3 is 9.84 Å². The lowest BCUT2D eigenvalue weighted by Gasteiger charge is -2.04. The Morgan fingerprint density at radius 1 is 1.43 bits per heavy atom. The van der Waals surface area contributed by atoms with Crippen molar-refractivity contribution in [3.8, 4) is 11.5 Å². The maximum absolute atomic E-state index is 8.69. The molecule has 0 aliphatic carbocycles. The molecule has 80 valence electrons. The van der Waals surface area contributed by atoms with E-state index in [2.05, 4.69) is 31.1 Å². The summed E-state index contributed by atoms with van der Waals surface area (Å²) in [5.41, 5.74) is 3.12. The number of hydrogen-bond acceptors (Lipinski definition) is 2. The van der Waals surface area contributed by atoms with Gasteiger partial charge in [-0.1, -0.05) is 25.6 Å². The molecule has 0 unspecified atom stereocenters. The fourth-order valence-electron chi connectivity index (χ4n) is 1.29. The lowest BCUT2D eigenvalue weighted by Crippen LogP contribution is -2.18. The Balaban J connectivity index is 2.43. The standard InChI is InChI=1S/C11H20O2Si/c1-11(7-9-14(2,3)4)10(13-11)6-5-8-12/h10,12H,5-6,8H2,1-4H3/t10-,11+/m0/s1. The number of epoxide rings is 1. The van der Waals surface area contributed by atoms with E-state index in [1.807, 2.05) is 6.92 Å². The van der Waals surface area contributed by atoms with Crippen molar-refractivity contribution in [1.82, 2.24) is 0 Å². The van der Waals surface area contributed by atoms with E-state index in [1.165, 1.54) is 0 Å². The molecule has 0 saturated carbocycles. The molecule has 1 aliphatic rings. The highest BCUT2D eigenvalue weighted by atomic mass is 28.3. The van der Waals surface area contributed by atoms with E-state index in [-0.39, 0.29) is 18.3 Å². The molecule has 0 bridgehead atoms. The predicted octanol–water partition coefficient (Wildman–Crippen LogP) is 1.80. The summed E-state index contributed by atoms with van der Waals surface area (Å²) in [6.45, 7) is 8.98. The number of ether oxygens (including phenoxy) is 1. The molecule has 1 aliphatic heterocycles. The van der Waals surface area contributed by atoms with Gasteiger partial charge in [0.15, 0.2) is 5.60 Å². The second-order valence-electron chi connectivity index (χ2n) is 5.08. The number of hydrogen-bond donors (Lipinski definition) is 1. The topological polar surface area (TPSA) is 32.8 Å². The third-order valence-corrected chi connectivity index (χ3v) is 3.13. The van der Waals surface area contributed by atoms with Crippen LogP contribution in [0.15, 0.2) is 0 Å². The molecule has 2 nitrogen and oxygen atoms in total. The second-order valence-corrected chi connectivity index (χ2v) is 9.83. The van der Waals surface area contributed by atoms with Gasteiger partial charge >= 0.3 is 0 Å². The summed E-state index contributed by atoms with van der Waals surface area (Å²) in [6.07, 6.45) is 1.99. The molecule has 0 aromatic rings. The molecule has 0 spiro atoms.